The second kappa shape index (κ2) is 9.12. The number of allylic oxidation sites excluding steroid dienone is 1. The Morgan fingerprint density at radius 1 is 1.11 bits per heavy atom. The summed E-state index contributed by atoms with van der Waals surface area (Å²) in [5.74, 6) is 0.212. The molecule has 0 fully saturated rings. The maximum Gasteiger partial charge on any atom is 0.254 e. The van der Waals surface area contributed by atoms with Crippen LogP contribution >= 0.6 is 0 Å². The smallest absolute Gasteiger partial charge is 0.254 e. The Kier molecular flexibility index (Phi) is 6.36. The normalized spacial score (nSPS) is 10.9. The number of nitrogens with zero attached hydrogens (tertiary/aromatic N) is 2. The van der Waals surface area contributed by atoms with E-state index >= 15 is 0 Å². The highest BCUT2D eigenvalue weighted by Gasteiger charge is 2.10. The number of hydrogen-bond donors (Lipinski definition) is 1. The minimum atomic E-state index is -0.490. The number of rotatable bonds is 9. The topological polar surface area (TPSA) is 46.9 Å². The van der Waals surface area contributed by atoms with Crippen molar-refractivity contribution in [2.24, 2.45) is 0 Å². The van der Waals surface area contributed by atoms with Crippen LogP contribution in [0.5, 0.6) is 0 Å². The van der Waals surface area contributed by atoms with E-state index in [1.165, 1.54) is 12.1 Å². The molecule has 2 aromatic carbocycles. The van der Waals surface area contributed by atoms with E-state index in [0.29, 0.717) is 6.54 Å². The van der Waals surface area contributed by atoms with E-state index in [0.717, 1.165) is 49.1 Å². The molecule has 4 nitrogen and oxygen atoms in total. The standard InChI is InChI=1S/C22H24FN3O/c1-2-16-26-20-13-8-7-12-19(20)25-21(26)14-4-3-9-15-24-22(27)17-10-5-6-11-18(17)23/h2,5-8,10-13H,1,3-4,9,14-16H2,(H,24,27). The van der Waals surface area contributed by atoms with Gasteiger partial charge in [-0.05, 0) is 37.1 Å². The fraction of sp³-hybridized carbons (Fsp3) is 0.273. The summed E-state index contributed by atoms with van der Waals surface area (Å²) in [7, 11) is 0. The number of nitrogens with one attached hydrogen (secondary N) is 1. The van der Waals surface area contributed by atoms with Crippen molar-refractivity contribution in [2.45, 2.75) is 32.2 Å². The van der Waals surface area contributed by atoms with Gasteiger partial charge >= 0.3 is 0 Å². The average molecular weight is 365 g/mol. The first-order valence-corrected chi connectivity index (χ1v) is 9.28. The van der Waals surface area contributed by atoms with Gasteiger partial charge in [0.25, 0.3) is 5.91 Å². The number of aryl methyl sites for hydroxylation is 1. The zero-order chi connectivity index (χ0) is 19.1. The van der Waals surface area contributed by atoms with Gasteiger partial charge < -0.3 is 9.88 Å². The lowest BCUT2D eigenvalue weighted by atomic mass is 10.1. The number of benzene rings is 2. The summed E-state index contributed by atoms with van der Waals surface area (Å²) in [6, 6.07) is 14.1. The third kappa shape index (κ3) is 4.61. The number of unbranched alkanes of at least 4 members (excludes halogenated alkanes) is 2. The van der Waals surface area contributed by atoms with E-state index in [1.54, 1.807) is 12.1 Å². The minimum Gasteiger partial charge on any atom is -0.352 e. The monoisotopic (exact) mass is 365 g/mol. The van der Waals surface area contributed by atoms with E-state index in [-0.39, 0.29) is 11.5 Å². The van der Waals surface area contributed by atoms with Gasteiger partial charge in [0.15, 0.2) is 0 Å². The molecule has 0 aliphatic heterocycles. The average Bonchev–Trinajstić information content (AvgIpc) is 3.03. The molecule has 0 saturated carbocycles. The number of para-hydroxylation sites is 2. The first-order valence-electron chi connectivity index (χ1n) is 9.28. The van der Waals surface area contributed by atoms with Crippen LogP contribution in [0.3, 0.4) is 0 Å². The van der Waals surface area contributed by atoms with Crippen LogP contribution in [-0.2, 0) is 13.0 Å². The predicted octanol–water partition coefficient (Wildman–Crippen LogP) is 4.50. The van der Waals surface area contributed by atoms with Gasteiger partial charge in [-0.1, -0.05) is 36.8 Å². The van der Waals surface area contributed by atoms with E-state index in [1.807, 2.05) is 24.3 Å². The number of halogens is 1. The second-order valence-corrected chi connectivity index (χ2v) is 6.46. The van der Waals surface area contributed by atoms with E-state index in [2.05, 4.69) is 22.5 Å². The molecule has 0 spiro atoms. The molecule has 1 heterocycles. The largest absolute Gasteiger partial charge is 0.352 e. The molecule has 5 heteroatoms. The second-order valence-electron chi connectivity index (χ2n) is 6.46. The van der Waals surface area contributed by atoms with Crippen molar-refractivity contribution in [1.82, 2.24) is 14.9 Å². The van der Waals surface area contributed by atoms with Crippen molar-refractivity contribution >= 4 is 16.9 Å². The van der Waals surface area contributed by atoms with Crippen molar-refractivity contribution in [3.63, 3.8) is 0 Å². The third-order valence-corrected chi connectivity index (χ3v) is 4.53. The number of imidazole rings is 1. The van der Waals surface area contributed by atoms with Gasteiger partial charge in [-0.2, -0.15) is 0 Å². The van der Waals surface area contributed by atoms with Crippen molar-refractivity contribution in [1.29, 1.82) is 0 Å². The van der Waals surface area contributed by atoms with Gasteiger partial charge in [0.1, 0.15) is 11.6 Å². The Bertz CT molecular complexity index is 932. The molecule has 3 rings (SSSR count). The van der Waals surface area contributed by atoms with Crippen molar-refractivity contribution in [3.05, 3.63) is 78.4 Å². The molecule has 27 heavy (non-hydrogen) atoms. The maximum atomic E-state index is 13.6. The quantitative estimate of drug-likeness (QED) is 0.448. The number of amides is 1. The van der Waals surface area contributed by atoms with Gasteiger partial charge in [0, 0.05) is 19.5 Å². The van der Waals surface area contributed by atoms with Gasteiger partial charge in [-0.15, -0.1) is 6.58 Å². The molecule has 0 aliphatic carbocycles. The highest BCUT2D eigenvalue weighted by Crippen LogP contribution is 2.18. The molecule has 140 valence electrons. The lowest BCUT2D eigenvalue weighted by Gasteiger charge is -2.07. The lowest BCUT2D eigenvalue weighted by Crippen LogP contribution is -2.25. The number of hydrogen-bond acceptors (Lipinski definition) is 2. The van der Waals surface area contributed by atoms with Crippen molar-refractivity contribution < 1.29 is 9.18 Å². The Morgan fingerprint density at radius 3 is 2.70 bits per heavy atom. The first kappa shape index (κ1) is 18.8. The maximum absolute atomic E-state index is 13.6. The Morgan fingerprint density at radius 2 is 1.89 bits per heavy atom. The fourth-order valence-electron chi connectivity index (χ4n) is 3.18. The van der Waals surface area contributed by atoms with E-state index < -0.39 is 5.82 Å². The van der Waals surface area contributed by atoms with Crippen LogP contribution in [0, 0.1) is 5.82 Å². The van der Waals surface area contributed by atoms with Crippen LogP contribution in [0.2, 0.25) is 0 Å². The summed E-state index contributed by atoms with van der Waals surface area (Å²) in [5, 5.41) is 2.78. The molecule has 0 atom stereocenters. The van der Waals surface area contributed by atoms with Gasteiger partial charge in [-0.25, -0.2) is 9.37 Å². The first-order chi connectivity index (χ1) is 13.2. The molecule has 0 radical (unpaired) electrons. The highest BCUT2D eigenvalue weighted by molar-refractivity contribution is 5.94. The Hall–Kier alpha value is -2.95. The summed E-state index contributed by atoms with van der Waals surface area (Å²) in [5.41, 5.74) is 2.23. The molecule has 0 aliphatic rings. The number of carbonyl (C=O) groups is 1. The SMILES string of the molecule is C=CCn1c(CCCCCNC(=O)c2ccccc2F)nc2ccccc21. The molecule has 1 amide bonds. The zero-order valence-electron chi connectivity index (χ0n) is 15.3. The zero-order valence-corrected chi connectivity index (χ0v) is 15.3. The van der Waals surface area contributed by atoms with E-state index in [4.69, 9.17) is 4.98 Å². The minimum absolute atomic E-state index is 0.0932. The van der Waals surface area contributed by atoms with Crippen LogP contribution in [0.25, 0.3) is 11.0 Å². The Balaban J connectivity index is 1.46. The third-order valence-electron chi connectivity index (χ3n) is 4.53. The highest BCUT2D eigenvalue weighted by atomic mass is 19.1. The molecular formula is C22H24FN3O. The molecule has 3 aromatic rings. The number of aromatic nitrogens is 2. The summed E-state index contributed by atoms with van der Waals surface area (Å²) >= 11 is 0. The molecule has 0 bridgehead atoms. The van der Waals surface area contributed by atoms with Gasteiger partial charge in [0.2, 0.25) is 0 Å². The van der Waals surface area contributed by atoms with Crippen molar-refractivity contribution in [2.75, 3.05) is 6.54 Å². The van der Waals surface area contributed by atoms with Crippen LogP contribution in [0.1, 0.15) is 35.4 Å². The van der Waals surface area contributed by atoms with Crippen LogP contribution in [0.4, 0.5) is 4.39 Å². The predicted molar refractivity (Wildman–Crippen MR) is 106 cm³/mol. The van der Waals surface area contributed by atoms with Gasteiger partial charge in [0.05, 0.1) is 16.6 Å². The number of carbonyl (C=O) groups excluding carboxylic acids is 1. The van der Waals surface area contributed by atoms with Crippen LogP contribution in [-0.4, -0.2) is 22.0 Å². The molecule has 0 unspecified atom stereocenters. The molecule has 1 aromatic heterocycles. The van der Waals surface area contributed by atoms with Gasteiger partial charge in [-0.3, -0.25) is 4.79 Å². The Labute approximate surface area is 158 Å². The van der Waals surface area contributed by atoms with Crippen LogP contribution in [0.15, 0.2) is 61.2 Å². The van der Waals surface area contributed by atoms with E-state index in [9.17, 15) is 9.18 Å². The summed E-state index contributed by atoms with van der Waals surface area (Å²) in [4.78, 5) is 16.7. The van der Waals surface area contributed by atoms with Crippen molar-refractivity contribution in [3.8, 4) is 0 Å². The summed E-state index contributed by atoms with van der Waals surface area (Å²) < 4.78 is 15.8. The van der Waals surface area contributed by atoms with Crippen LogP contribution < -0.4 is 5.32 Å². The molecule has 0 saturated heterocycles. The lowest BCUT2D eigenvalue weighted by molar-refractivity contribution is 0.0949. The molecular weight excluding hydrogens is 341 g/mol. The summed E-state index contributed by atoms with van der Waals surface area (Å²) in [6.07, 6.45) is 5.56. The number of fused-ring (bicyclic) bond motifs is 1. The fourth-order valence-corrected chi connectivity index (χ4v) is 3.18. The molecule has 1 N–H and O–H groups in total. The summed E-state index contributed by atoms with van der Waals surface area (Å²) in [6.45, 7) is 5.12.